The second-order valence-corrected chi connectivity index (χ2v) is 6.90. The van der Waals surface area contributed by atoms with Gasteiger partial charge < -0.3 is 4.74 Å². The molecule has 0 aliphatic rings. The van der Waals surface area contributed by atoms with Crippen molar-refractivity contribution in [2.75, 3.05) is 6.61 Å². The van der Waals surface area contributed by atoms with E-state index in [1.54, 1.807) is 11.5 Å². The van der Waals surface area contributed by atoms with Crippen molar-refractivity contribution in [2.24, 2.45) is 0 Å². The van der Waals surface area contributed by atoms with E-state index in [0.717, 1.165) is 39.1 Å². The molecular weight excluding hydrogens is 326 g/mol. The fourth-order valence-electron chi connectivity index (χ4n) is 3.13. The Kier molecular flexibility index (Phi) is 4.81. The molecule has 0 aliphatic carbocycles. The molecule has 0 aliphatic heterocycles. The molecule has 0 saturated heterocycles. The third-order valence-corrected chi connectivity index (χ3v) is 4.50. The standard InChI is InChI=1S/C21H25N3O2/c1-7-26-21-16(8-9-17(22-21)12(2)3)19-13(4)10-18-20(23-19)14(5)11-24(18)15(6)25/h8-12H,7H2,1-6H3. The fourth-order valence-corrected chi connectivity index (χ4v) is 3.13. The molecule has 3 heterocycles. The van der Waals surface area contributed by atoms with Crippen molar-refractivity contribution in [3.05, 3.63) is 41.2 Å². The van der Waals surface area contributed by atoms with Gasteiger partial charge in [-0.1, -0.05) is 13.8 Å². The lowest BCUT2D eigenvalue weighted by molar-refractivity contribution is 0.0941. The van der Waals surface area contributed by atoms with Gasteiger partial charge in [0, 0.05) is 18.8 Å². The average Bonchev–Trinajstić information content (AvgIpc) is 2.90. The van der Waals surface area contributed by atoms with Crippen LogP contribution in [0.25, 0.3) is 22.3 Å². The number of hydrogen-bond donors (Lipinski definition) is 0. The summed E-state index contributed by atoms with van der Waals surface area (Å²) in [5.74, 6) is 0.916. The van der Waals surface area contributed by atoms with Crippen molar-refractivity contribution in [3.8, 4) is 17.1 Å². The number of aryl methyl sites for hydroxylation is 2. The second kappa shape index (κ2) is 6.90. The highest BCUT2D eigenvalue weighted by Crippen LogP contribution is 2.33. The van der Waals surface area contributed by atoms with E-state index in [1.165, 1.54) is 0 Å². The maximum absolute atomic E-state index is 11.9. The van der Waals surface area contributed by atoms with Crippen molar-refractivity contribution in [1.82, 2.24) is 14.5 Å². The van der Waals surface area contributed by atoms with Crippen molar-refractivity contribution in [1.29, 1.82) is 0 Å². The molecule has 0 atom stereocenters. The van der Waals surface area contributed by atoms with E-state index in [9.17, 15) is 4.79 Å². The van der Waals surface area contributed by atoms with Crippen molar-refractivity contribution >= 4 is 16.9 Å². The Balaban J connectivity index is 2.23. The van der Waals surface area contributed by atoms with Gasteiger partial charge in [-0.05, 0) is 56.0 Å². The summed E-state index contributed by atoms with van der Waals surface area (Å²) >= 11 is 0. The van der Waals surface area contributed by atoms with Crippen LogP contribution >= 0.6 is 0 Å². The largest absolute Gasteiger partial charge is 0.477 e. The number of carbonyl (C=O) groups excluding carboxylic acids is 1. The van der Waals surface area contributed by atoms with Gasteiger partial charge >= 0.3 is 0 Å². The number of aromatic nitrogens is 3. The van der Waals surface area contributed by atoms with Gasteiger partial charge in [0.25, 0.3) is 0 Å². The number of rotatable bonds is 4. The molecule has 0 N–H and O–H groups in total. The maximum atomic E-state index is 11.9. The van der Waals surface area contributed by atoms with E-state index < -0.39 is 0 Å². The summed E-state index contributed by atoms with van der Waals surface area (Å²) in [5, 5.41) is 0. The van der Waals surface area contributed by atoms with Gasteiger partial charge in [-0.25, -0.2) is 9.97 Å². The van der Waals surface area contributed by atoms with Crippen LogP contribution < -0.4 is 4.74 Å². The van der Waals surface area contributed by atoms with Crippen LogP contribution in [0.15, 0.2) is 24.4 Å². The first-order valence-electron chi connectivity index (χ1n) is 8.97. The van der Waals surface area contributed by atoms with Crippen LogP contribution in [0, 0.1) is 13.8 Å². The molecular formula is C21H25N3O2. The number of fused-ring (bicyclic) bond motifs is 1. The predicted octanol–water partition coefficient (Wildman–Crippen LogP) is 4.90. The monoisotopic (exact) mass is 351 g/mol. The van der Waals surface area contributed by atoms with Gasteiger partial charge in [0.2, 0.25) is 11.8 Å². The molecule has 5 nitrogen and oxygen atoms in total. The number of nitrogens with zero attached hydrogens (tertiary/aromatic N) is 3. The molecule has 3 aromatic rings. The SMILES string of the molecule is CCOc1nc(C(C)C)ccc1-c1nc2c(C)cn(C(C)=O)c2cc1C. The summed E-state index contributed by atoms with van der Waals surface area (Å²) in [6.45, 7) is 12.3. The maximum Gasteiger partial charge on any atom is 0.228 e. The third-order valence-electron chi connectivity index (χ3n) is 4.50. The van der Waals surface area contributed by atoms with Crippen LogP contribution in [0.5, 0.6) is 5.88 Å². The van der Waals surface area contributed by atoms with Crippen molar-refractivity contribution in [2.45, 2.75) is 47.5 Å². The number of pyridine rings is 2. The quantitative estimate of drug-likeness (QED) is 0.671. The molecule has 0 amide bonds. The first-order chi connectivity index (χ1) is 12.3. The Labute approximate surface area is 154 Å². The Bertz CT molecular complexity index is 987. The number of carbonyl (C=O) groups is 1. The molecule has 3 aromatic heterocycles. The molecule has 5 heteroatoms. The summed E-state index contributed by atoms with van der Waals surface area (Å²) in [5.41, 5.74) is 6.34. The van der Waals surface area contributed by atoms with Crippen LogP contribution in [-0.2, 0) is 0 Å². The minimum Gasteiger partial charge on any atom is -0.477 e. The van der Waals surface area contributed by atoms with Crippen LogP contribution in [0.3, 0.4) is 0 Å². The zero-order chi connectivity index (χ0) is 19.0. The van der Waals surface area contributed by atoms with Gasteiger partial charge in [-0.3, -0.25) is 9.36 Å². The van der Waals surface area contributed by atoms with Gasteiger partial charge in [0.05, 0.1) is 28.9 Å². The van der Waals surface area contributed by atoms with Gasteiger partial charge in [0.1, 0.15) is 0 Å². The Hall–Kier alpha value is -2.69. The minimum absolute atomic E-state index is 0.0185. The fraction of sp³-hybridized carbons (Fsp3) is 0.381. The van der Waals surface area contributed by atoms with Crippen LogP contribution in [-0.4, -0.2) is 27.0 Å². The zero-order valence-electron chi connectivity index (χ0n) is 16.3. The third kappa shape index (κ3) is 3.09. The van der Waals surface area contributed by atoms with E-state index in [1.807, 2.05) is 45.2 Å². The molecule has 0 fully saturated rings. The lowest BCUT2D eigenvalue weighted by Gasteiger charge is -2.14. The Morgan fingerprint density at radius 3 is 2.54 bits per heavy atom. The molecule has 0 aromatic carbocycles. The zero-order valence-corrected chi connectivity index (χ0v) is 16.3. The summed E-state index contributed by atoms with van der Waals surface area (Å²) in [6.07, 6.45) is 1.84. The topological polar surface area (TPSA) is 57.0 Å². The van der Waals surface area contributed by atoms with Crippen LogP contribution in [0.1, 0.15) is 55.2 Å². The molecule has 0 unspecified atom stereocenters. The van der Waals surface area contributed by atoms with Crippen LogP contribution in [0.2, 0.25) is 0 Å². The van der Waals surface area contributed by atoms with Gasteiger partial charge in [-0.2, -0.15) is 0 Å². The number of hydrogen-bond acceptors (Lipinski definition) is 4. The molecule has 0 radical (unpaired) electrons. The van der Waals surface area contributed by atoms with E-state index in [-0.39, 0.29) is 5.91 Å². The minimum atomic E-state index is -0.0185. The van der Waals surface area contributed by atoms with E-state index >= 15 is 0 Å². The molecule has 0 bridgehead atoms. The predicted molar refractivity (Wildman–Crippen MR) is 104 cm³/mol. The average molecular weight is 351 g/mol. The summed E-state index contributed by atoms with van der Waals surface area (Å²) < 4.78 is 7.46. The van der Waals surface area contributed by atoms with Gasteiger partial charge in [0.15, 0.2) is 0 Å². The summed E-state index contributed by atoms with van der Waals surface area (Å²) in [6, 6.07) is 6.07. The highest BCUT2D eigenvalue weighted by atomic mass is 16.5. The molecule has 136 valence electrons. The lowest BCUT2D eigenvalue weighted by atomic mass is 10.0. The van der Waals surface area contributed by atoms with Crippen molar-refractivity contribution in [3.63, 3.8) is 0 Å². The highest BCUT2D eigenvalue weighted by molar-refractivity contribution is 5.93. The normalized spacial score (nSPS) is 11.3. The first-order valence-corrected chi connectivity index (χ1v) is 8.97. The van der Waals surface area contributed by atoms with Crippen molar-refractivity contribution < 1.29 is 9.53 Å². The molecule has 0 spiro atoms. The van der Waals surface area contributed by atoms with Crippen LogP contribution in [0.4, 0.5) is 0 Å². The number of ether oxygens (including phenoxy) is 1. The molecule has 26 heavy (non-hydrogen) atoms. The molecule has 0 saturated carbocycles. The highest BCUT2D eigenvalue weighted by Gasteiger charge is 2.18. The van der Waals surface area contributed by atoms with Gasteiger partial charge in [-0.15, -0.1) is 0 Å². The van der Waals surface area contributed by atoms with E-state index in [0.29, 0.717) is 18.4 Å². The summed E-state index contributed by atoms with van der Waals surface area (Å²) in [7, 11) is 0. The lowest BCUT2D eigenvalue weighted by Crippen LogP contribution is -2.05. The first kappa shape index (κ1) is 18.1. The second-order valence-electron chi connectivity index (χ2n) is 6.90. The van der Waals surface area contributed by atoms with E-state index in [4.69, 9.17) is 14.7 Å². The smallest absolute Gasteiger partial charge is 0.228 e. The summed E-state index contributed by atoms with van der Waals surface area (Å²) in [4.78, 5) is 21.5. The van der Waals surface area contributed by atoms with E-state index in [2.05, 4.69) is 13.8 Å². The Morgan fingerprint density at radius 1 is 1.19 bits per heavy atom. The molecule has 3 rings (SSSR count). The Morgan fingerprint density at radius 2 is 1.92 bits per heavy atom.